The standard InChI is InChI=1S/C14H21NO/c16-14(13-9-5-11-15-13)10-4-8-12-6-2-1-3-7-12/h1-3,6-7,13-16H,4-5,8-11H2. The molecule has 1 fully saturated rings. The van der Waals surface area contributed by atoms with E-state index in [4.69, 9.17) is 0 Å². The summed E-state index contributed by atoms with van der Waals surface area (Å²) in [6.07, 6.45) is 5.24. The third kappa shape index (κ3) is 3.32. The van der Waals surface area contributed by atoms with Crippen LogP contribution >= 0.6 is 0 Å². The zero-order valence-electron chi connectivity index (χ0n) is 9.73. The minimum absolute atomic E-state index is 0.161. The van der Waals surface area contributed by atoms with Crippen molar-refractivity contribution in [2.45, 2.75) is 44.2 Å². The van der Waals surface area contributed by atoms with E-state index in [9.17, 15) is 5.11 Å². The number of aliphatic hydroxyl groups excluding tert-OH is 1. The summed E-state index contributed by atoms with van der Waals surface area (Å²) >= 11 is 0. The Hall–Kier alpha value is -0.860. The van der Waals surface area contributed by atoms with E-state index in [-0.39, 0.29) is 6.10 Å². The van der Waals surface area contributed by atoms with Gasteiger partial charge in [-0.3, -0.25) is 0 Å². The summed E-state index contributed by atoms with van der Waals surface area (Å²) in [6.45, 7) is 1.07. The fourth-order valence-corrected chi connectivity index (χ4v) is 2.40. The Kier molecular flexibility index (Phi) is 4.37. The zero-order chi connectivity index (χ0) is 11.2. The van der Waals surface area contributed by atoms with Gasteiger partial charge in [0.15, 0.2) is 0 Å². The first kappa shape index (κ1) is 11.6. The van der Waals surface area contributed by atoms with Crippen LogP contribution in [0.2, 0.25) is 0 Å². The lowest BCUT2D eigenvalue weighted by Gasteiger charge is -2.17. The SMILES string of the molecule is OC(CCCc1ccccc1)C1CCCN1. The highest BCUT2D eigenvalue weighted by atomic mass is 16.3. The molecule has 0 aliphatic carbocycles. The minimum Gasteiger partial charge on any atom is -0.392 e. The molecule has 1 saturated heterocycles. The first-order chi connectivity index (χ1) is 7.86. The Morgan fingerprint density at radius 3 is 2.81 bits per heavy atom. The summed E-state index contributed by atoms with van der Waals surface area (Å²) in [5, 5.41) is 13.3. The predicted octanol–water partition coefficient (Wildman–Crippen LogP) is 2.12. The number of hydrogen-bond acceptors (Lipinski definition) is 2. The molecule has 88 valence electrons. The Morgan fingerprint density at radius 2 is 2.12 bits per heavy atom. The number of rotatable bonds is 5. The van der Waals surface area contributed by atoms with Gasteiger partial charge in [0.25, 0.3) is 0 Å². The fourth-order valence-electron chi connectivity index (χ4n) is 2.40. The molecular formula is C14H21NO. The maximum Gasteiger partial charge on any atom is 0.0693 e. The van der Waals surface area contributed by atoms with Crippen LogP contribution in [0.15, 0.2) is 30.3 Å². The van der Waals surface area contributed by atoms with E-state index in [1.807, 2.05) is 6.07 Å². The van der Waals surface area contributed by atoms with Crippen LogP contribution in [-0.4, -0.2) is 23.8 Å². The summed E-state index contributed by atoms with van der Waals surface area (Å²) in [5.41, 5.74) is 1.37. The van der Waals surface area contributed by atoms with E-state index in [1.54, 1.807) is 0 Å². The predicted molar refractivity (Wildman–Crippen MR) is 66.4 cm³/mol. The van der Waals surface area contributed by atoms with Crippen molar-refractivity contribution in [1.82, 2.24) is 5.32 Å². The Morgan fingerprint density at radius 1 is 1.31 bits per heavy atom. The lowest BCUT2D eigenvalue weighted by atomic mass is 10.0. The highest BCUT2D eigenvalue weighted by molar-refractivity contribution is 5.14. The summed E-state index contributed by atoms with van der Waals surface area (Å²) in [6, 6.07) is 10.8. The molecule has 1 aromatic rings. The molecule has 0 bridgehead atoms. The van der Waals surface area contributed by atoms with Crippen molar-refractivity contribution >= 4 is 0 Å². The number of benzene rings is 1. The average molecular weight is 219 g/mol. The largest absolute Gasteiger partial charge is 0.392 e. The van der Waals surface area contributed by atoms with Crippen molar-refractivity contribution in [3.63, 3.8) is 0 Å². The van der Waals surface area contributed by atoms with Gasteiger partial charge >= 0.3 is 0 Å². The second-order valence-electron chi connectivity index (χ2n) is 4.65. The average Bonchev–Trinajstić information content (AvgIpc) is 2.84. The Balaban J connectivity index is 1.67. The van der Waals surface area contributed by atoms with Crippen LogP contribution in [0.1, 0.15) is 31.2 Å². The molecule has 16 heavy (non-hydrogen) atoms. The third-order valence-electron chi connectivity index (χ3n) is 3.37. The molecule has 0 radical (unpaired) electrons. The van der Waals surface area contributed by atoms with Crippen molar-refractivity contribution in [1.29, 1.82) is 0 Å². The molecule has 0 saturated carbocycles. The maximum atomic E-state index is 9.96. The van der Waals surface area contributed by atoms with Gasteiger partial charge < -0.3 is 10.4 Å². The Labute approximate surface area is 97.7 Å². The van der Waals surface area contributed by atoms with Crippen LogP contribution in [0.25, 0.3) is 0 Å². The highest BCUT2D eigenvalue weighted by Gasteiger charge is 2.21. The molecule has 0 aromatic heterocycles. The molecule has 1 aromatic carbocycles. The van der Waals surface area contributed by atoms with Crippen LogP contribution < -0.4 is 5.32 Å². The van der Waals surface area contributed by atoms with Crippen LogP contribution in [-0.2, 0) is 6.42 Å². The topological polar surface area (TPSA) is 32.3 Å². The van der Waals surface area contributed by atoms with Gasteiger partial charge in [-0.25, -0.2) is 0 Å². The van der Waals surface area contributed by atoms with Crippen LogP contribution in [0.3, 0.4) is 0 Å². The lowest BCUT2D eigenvalue weighted by molar-refractivity contribution is 0.124. The number of nitrogens with one attached hydrogen (secondary N) is 1. The van der Waals surface area contributed by atoms with Crippen LogP contribution in [0, 0.1) is 0 Å². The van der Waals surface area contributed by atoms with Crippen LogP contribution in [0.5, 0.6) is 0 Å². The van der Waals surface area contributed by atoms with Crippen molar-refractivity contribution in [3.05, 3.63) is 35.9 Å². The second-order valence-corrected chi connectivity index (χ2v) is 4.65. The first-order valence-electron chi connectivity index (χ1n) is 6.31. The quantitative estimate of drug-likeness (QED) is 0.795. The van der Waals surface area contributed by atoms with Gasteiger partial charge in [-0.1, -0.05) is 30.3 Å². The normalized spacial score (nSPS) is 22.2. The second kappa shape index (κ2) is 6.02. The van der Waals surface area contributed by atoms with Gasteiger partial charge in [0, 0.05) is 6.04 Å². The minimum atomic E-state index is -0.161. The summed E-state index contributed by atoms with van der Waals surface area (Å²) in [7, 11) is 0. The first-order valence-corrected chi connectivity index (χ1v) is 6.31. The smallest absolute Gasteiger partial charge is 0.0693 e. The summed E-state index contributed by atoms with van der Waals surface area (Å²) in [5.74, 6) is 0. The Bertz CT molecular complexity index is 293. The highest BCUT2D eigenvalue weighted by Crippen LogP contribution is 2.14. The van der Waals surface area contributed by atoms with E-state index in [0.29, 0.717) is 6.04 Å². The molecule has 0 spiro atoms. The molecule has 2 rings (SSSR count). The van der Waals surface area contributed by atoms with Crippen molar-refractivity contribution in [2.24, 2.45) is 0 Å². The van der Waals surface area contributed by atoms with E-state index < -0.39 is 0 Å². The van der Waals surface area contributed by atoms with E-state index in [1.165, 1.54) is 12.0 Å². The molecule has 1 aliphatic rings. The molecule has 0 amide bonds. The number of aryl methyl sites for hydroxylation is 1. The number of aliphatic hydroxyl groups is 1. The van der Waals surface area contributed by atoms with Gasteiger partial charge in [-0.2, -0.15) is 0 Å². The van der Waals surface area contributed by atoms with E-state index in [0.717, 1.165) is 32.2 Å². The zero-order valence-corrected chi connectivity index (χ0v) is 9.73. The maximum absolute atomic E-state index is 9.96. The molecule has 2 heteroatoms. The van der Waals surface area contributed by atoms with Gasteiger partial charge in [-0.15, -0.1) is 0 Å². The lowest BCUT2D eigenvalue weighted by Crippen LogP contribution is -2.34. The number of hydrogen-bond donors (Lipinski definition) is 2. The molecule has 2 unspecified atom stereocenters. The van der Waals surface area contributed by atoms with Crippen molar-refractivity contribution in [3.8, 4) is 0 Å². The van der Waals surface area contributed by atoms with Gasteiger partial charge in [0.05, 0.1) is 6.10 Å². The molecule has 1 aliphatic heterocycles. The molecule has 2 nitrogen and oxygen atoms in total. The van der Waals surface area contributed by atoms with Gasteiger partial charge in [0.1, 0.15) is 0 Å². The molecular weight excluding hydrogens is 198 g/mol. The monoisotopic (exact) mass is 219 g/mol. The summed E-state index contributed by atoms with van der Waals surface area (Å²) in [4.78, 5) is 0. The van der Waals surface area contributed by atoms with Crippen molar-refractivity contribution < 1.29 is 5.11 Å². The molecule has 2 N–H and O–H groups in total. The fraction of sp³-hybridized carbons (Fsp3) is 0.571. The molecule has 1 heterocycles. The van der Waals surface area contributed by atoms with Crippen molar-refractivity contribution in [2.75, 3.05) is 6.54 Å². The van der Waals surface area contributed by atoms with E-state index in [2.05, 4.69) is 29.6 Å². The van der Waals surface area contributed by atoms with Gasteiger partial charge in [0.2, 0.25) is 0 Å². The van der Waals surface area contributed by atoms with Gasteiger partial charge in [-0.05, 0) is 44.2 Å². The summed E-state index contributed by atoms with van der Waals surface area (Å²) < 4.78 is 0. The van der Waals surface area contributed by atoms with Crippen LogP contribution in [0.4, 0.5) is 0 Å². The molecule has 2 atom stereocenters. The van der Waals surface area contributed by atoms with E-state index >= 15 is 0 Å². The third-order valence-corrected chi connectivity index (χ3v) is 3.37.